The smallest absolute Gasteiger partial charge is 0.0542 e. The maximum Gasteiger partial charge on any atom is 0.0542 e. The average Bonchev–Trinajstić information content (AvgIpc) is 4.28. The zero-order valence-electron chi connectivity index (χ0n) is 41.3. The maximum atomic E-state index is 2.46. The minimum absolute atomic E-state index is 1.12. The predicted molar refractivity (Wildman–Crippen MR) is 320 cm³/mol. The fourth-order valence-corrected chi connectivity index (χ4v) is 12.5. The molecule has 4 heteroatoms. The van der Waals surface area contributed by atoms with Gasteiger partial charge in [0.1, 0.15) is 0 Å². The summed E-state index contributed by atoms with van der Waals surface area (Å²) in [7, 11) is 0. The first-order chi connectivity index (χ1) is 37.7. The van der Waals surface area contributed by atoms with Crippen molar-refractivity contribution in [2.24, 2.45) is 0 Å². The Labute approximate surface area is 438 Å². The van der Waals surface area contributed by atoms with Crippen molar-refractivity contribution in [2.45, 2.75) is 0 Å². The van der Waals surface area contributed by atoms with E-state index in [1.807, 2.05) is 0 Å². The summed E-state index contributed by atoms with van der Waals surface area (Å²) in [6.07, 6.45) is 0. The summed E-state index contributed by atoms with van der Waals surface area (Å²) in [5.41, 5.74) is 21.2. The summed E-state index contributed by atoms with van der Waals surface area (Å²) in [4.78, 5) is 0. The van der Waals surface area contributed by atoms with Crippen molar-refractivity contribution in [1.82, 2.24) is 18.3 Å². The third kappa shape index (κ3) is 6.44. The second kappa shape index (κ2) is 16.7. The van der Waals surface area contributed by atoms with Crippen LogP contribution in [0.2, 0.25) is 0 Å². The maximum absolute atomic E-state index is 2.46. The normalized spacial score (nSPS) is 11.9. The number of hydrogen-bond acceptors (Lipinski definition) is 0. The van der Waals surface area contributed by atoms with Gasteiger partial charge in [-0.3, -0.25) is 0 Å². The molecule has 4 aromatic heterocycles. The van der Waals surface area contributed by atoms with E-state index in [1.54, 1.807) is 0 Å². The lowest BCUT2D eigenvalue weighted by molar-refractivity contribution is 1.14. The molecular weight excluding hydrogens is 921 g/mol. The molecule has 0 fully saturated rings. The third-order valence-corrected chi connectivity index (χ3v) is 16.0. The van der Waals surface area contributed by atoms with Crippen molar-refractivity contribution in [2.75, 3.05) is 0 Å². The molecule has 12 aromatic carbocycles. The van der Waals surface area contributed by atoms with Gasteiger partial charge in [0.2, 0.25) is 0 Å². The molecular formula is C72H46N4. The molecule has 0 spiro atoms. The number of para-hydroxylation sites is 4. The van der Waals surface area contributed by atoms with Crippen LogP contribution in [0.15, 0.2) is 279 Å². The second-order valence-corrected chi connectivity index (χ2v) is 20.1. The van der Waals surface area contributed by atoms with E-state index < -0.39 is 0 Å². The minimum atomic E-state index is 1.12. The van der Waals surface area contributed by atoms with E-state index in [1.165, 1.54) is 121 Å². The number of aromatic nitrogens is 4. The molecule has 0 unspecified atom stereocenters. The third-order valence-electron chi connectivity index (χ3n) is 16.0. The van der Waals surface area contributed by atoms with E-state index in [2.05, 4.69) is 297 Å². The van der Waals surface area contributed by atoms with E-state index in [0.717, 1.165) is 22.7 Å². The van der Waals surface area contributed by atoms with Crippen LogP contribution in [0, 0.1) is 0 Å². The monoisotopic (exact) mass is 966 g/mol. The van der Waals surface area contributed by atoms with Crippen molar-refractivity contribution in [1.29, 1.82) is 0 Å². The molecule has 0 saturated carbocycles. The van der Waals surface area contributed by atoms with E-state index in [9.17, 15) is 0 Å². The molecule has 16 aromatic rings. The van der Waals surface area contributed by atoms with Crippen LogP contribution in [-0.4, -0.2) is 18.3 Å². The van der Waals surface area contributed by atoms with Crippen LogP contribution in [0.25, 0.3) is 143 Å². The topological polar surface area (TPSA) is 19.7 Å². The lowest BCUT2D eigenvalue weighted by Gasteiger charge is -2.12. The molecule has 0 saturated heterocycles. The Morgan fingerprint density at radius 3 is 0.789 bits per heavy atom. The highest BCUT2D eigenvalue weighted by Crippen LogP contribution is 2.42. The predicted octanol–water partition coefficient (Wildman–Crippen LogP) is 19.1. The second-order valence-electron chi connectivity index (χ2n) is 20.1. The molecule has 4 heterocycles. The van der Waals surface area contributed by atoms with Gasteiger partial charge in [0, 0.05) is 65.8 Å². The molecule has 354 valence electrons. The zero-order valence-corrected chi connectivity index (χ0v) is 41.3. The average molecular weight is 967 g/mol. The Balaban J connectivity index is 0.874. The number of benzene rings is 12. The number of nitrogens with zero attached hydrogens (tertiary/aromatic N) is 4. The summed E-state index contributed by atoms with van der Waals surface area (Å²) in [5.74, 6) is 0. The van der Waals surface area contributed by atoms with E-state index >= 15 is 0 Å². The molecule has 0 aliphatic carbocycles. The summed E-state index contributed by atoms with van der Waals surface area (Å²) in [6, 6.07) is 103. The summed E-state index contributed by atoms with van der Waals surface area (Å²) >= 11 is 0. The van der Waals surface area contributed by atoms with Crippen LogP contribution in [0.5, 0.6) is 0 Å². The van der Waals surface area contributed by atoms with Gasteiger partial charge < -0.3 is 18.3 Å². The van der Waals surface area contributed by atoms with Crippen molar-refractivity contribution in [3.05, 3.63) is 279 Å². The van der Waals surface area contributed by atoms with Crippen molar-refractivity contribution in [3.63, 3.8) is 0 Å². The summed E-state index contributed by atoms with van der Waals surface area (Å²) in [6.45, 7) is 0. The highest BCUT2D eigenvalue weighted by molar-refractivity contribution is 6.15. The Morgan fingerprint density at radius 1 is 0.145 bits per heavy atom. The first-order valence-corrected chi connectivity index (χ1v) is 26.2. The van der Waals surface area contributed by atoms with Crippen LogP contribution >= 0.6 is 0 Å². The van der Waals surface area contributed by atoms with Gasteiger partial charge in [-0.1, -0.05) is 158 Å². The Hall–Kier alpha value is -10.2. The zero-order chi connectivity index (χ0) is 49.8. The Kier molecular flexibility index (Phi) is 9.30. The van der Waals surface area contributed by atoms with Crippen LogP contribution in [0.1, 0.15) is 0 Å². The Bertz CT molecular complexity index is 4900. The minimum Gasteiger partial charge on any atom is -0.309 e. The standard InChI is InChI=1S/C72H46N4/c1-4-16-47(17-5-1)49-28-37-68-60(42-49)62-44-51(30-39-69(62)75(68)55-34-32-54(33-35-55)74-65-25-13-10-22-57(65)58-23-11-14-26-66(58)74)52-31-40-71-63(45-52)61-43-50(48-18-6-2-7-19-48)29-38-70(61)76(71)56-36-41-72-64(46-56)59-24-12-15-27-67(59)73(72)53-20-8-3-9-21-53/h1-46H. The van der Waals surface area contributed by atoms with Crippen molar-refractivity contribution >= 4 is 87.2 Å². The largest absolute Gasteiger partial charge is 0.309 e. The number of fused-ring (bicyclic) bond motifs is 12. The molecule has 0 bridgehead atoms. The lowest BCUT2D eigenvalue weighted by atomic mass is 9.98. The van der Waals surface area contributed by atoms with Crippen molar-refractivity contribution in [3.8, 4) is 56.1 Å². The van der Waals surface area contributed by atoms with Gasteiger partial charge in [0.05, 0.1) is 44.1 Å². The van der Waals surface area contributed by atoms with E-state index in [-0.39, 0.29) is 0 Å². The van der Waals surface area contributed by atoms with Crippen LogP contribution < -0.4 is 0 Å². The van der Waals surface area contributed by atoms with Gasteiger partial charge in [-0.15, -0.1) is 0 Å². The molecule has 76 heavy (non-hydrogen) atoms. The van der Waals surface area contributed by atoms with E-state index in [4.69, 9.17) is 0 Å². The van der Waals surface area contributed by atoms with Gasteiger partial charge in [-0.2, -0.15) is 0 Å². The number of rotatable bonds is 7. The summed E-state index contributed by atoms with van der Waals surface area (Å²) < 4.78 is 9.68. The van der Waals surface area contributed by atoms with Gasteiger partial charge in [-0.25, -0.2) is 0 Å². The molecule has 0 atom stereocenters. The van der Waals surface area contributed by atoms with Crippen LogP contribution in [-0.2, 0) is 0 Å². The van der Waals surface area contributed by atoms with Crippen molar-refractivity contribution < 1.29 is 0 Å². The highest BCUT2D eigenvalue weighted by Gasteiger charge is 2.20. The Morgan fingerprint density at radius 2 is 0.395 bits per heavy atom. The molecule has 16 rings (SSSR count). The van der Waals surface area contributed by atoms with Crippen LogP contribution in [0.3, 0.4) is 0 Å². The first-order valence-electron chi connectivity index (χ1n) is 26.2. The molecule has 4 nitrogen and oxygen atoms in total. The molecule has 0 radical (unpaired) electrons. The molecule has 0 amide bonds. The SMILES string of the molecule is c1ccc(-c2ccc3c(c2)c2cc(-c4ccc5c(c4)c4cc(-c6ccccc6)ccc4n5-c4ccc5c(c4)c4ccccc4n5-c4ccccc4)ccc2n3-c2ccc(-n3c4ccccc4c4ccccc43)cc2)cc1. The van der Waals surface area contributed by atoms with E-state index in [0.29, 0.717) is 0 Å². The summed E-state index contributed by atoms with van der Waals surface area (Å²) in [5, 5.41) is 9.87. The van der Waals surface area contributed by atoms with Gasteiger partial charge >= 0.3 is 0 Å². The van der Waals surface area contributed by atoms with Crippen LogP contribution in [0.4, 0.5) is 0 Å². The fraction of sp³-hybridized carbons (Fsp3) is 0. The van der Waals surface area contributed by atoms with Gasteiger partial charge in [0.25, 0.3) is 0 Å². The van der Waals surface area contributed by atoms with Gasteiger partial charge in [0.15, 0.2) is 0 Å². The molecule has 0 aliphatic heterocycles. The fourth-order valence-electron chi connectivity index (χ4n) is 12.5. The highest BCUT2D eigenvalue weighted by atomic mass is 15.0. The first kappa shape index (κ1) is 42.4. The molecule has 0 N–H and O–H groups in total. The number of hydrogen-bond donors (Lipinski definition) is 0. The quantitative estimate of drug-likeness (QED) is 0.152. The lowest BCUT2D eigenvalue weighted by Crippen LogP contribution is -1.97. The van der Waals surface area contributed by atoms with Gasteiger partial charge in [-0.05, 0) is 155 Å². The molecule has 0 aliphatic rings.